The summed E-state index contributed by atoms with van der Waals surface area (Å²) < 4.78 is 0. The number of ketones is 1. The molecule has 2 heterocycles. The summed E-state index contributed by atoms with van der Waals surface area (Å²) >= 11 is 0. The zero-order chi connectivity index (χ0) is 26.8. The van der Waals surface area contributed by atoms with Gasteiger partial charge in [-0.05, 0) is 33.9 Å². The second kappa shape index (κ2) is 10.3. The lowest BCUT2D eigenvalue weighted by Crippen LogP contribution is -2.37. The molecule has 0 spiro atoms. The van der Waals surface area contributed by atoms with Crippen molar-refractivity contribution >= 4 is 17.4 Å². The van der Waals surface area contributed by atoms with Crippen LogP contribution < -0.4 is 0 Å². The van der Waals surface area contributed by atoms with Gasteiger partial charge in [0.25, 0.3) is 0 Å². The van der Waals surface area contributed by atoms with Gasteiger partial charge in [-0.15, -0.1) is 0 Å². The van der Waals surface area contributed by atoms with Crippen molar-refractivity contribution < 1.29 is 4.79 Å². The minimum Gasteiger partial charge on any atom is -0.359 e. The predicted molar refractivity (Wildman–Crippen MR) is 152 cm³/mol. The number of hydrogen-bond donors (Lipinski definition) is 0. The third kappa shape index (κ3) is 4.13. The van der Waals surface area contributed by atoms with E-state index in [1.807, 2.05) is 97.2 Å². The summed E-state index contributed by atoms with van der Waals surface area (Å²) in [6.45, 7) is 0. The molecule has 4 atom stereocenters. The Labute approximate surface area is 228 Å². The molecule has 1 fully saturated rings. The molecule has 0 radical (unpaired) electrons. The highest BCUT2D eigenvalue weighted by molar-refractivity contribution is 6.02. The van der Waals surface area contributed by atoms with Gasteiger partial charge in [-0.3, -0.25) is 4.79 Å². The van der Waals surface area contributed by atoms with E-state index in [4.69, 9.17) is 0 Å². The van der Waals surface area contributed by atoms with Gasteiger partial charge in [0.15, 0.2) is 5.78 Å². The van der Waals surface area contributed by atoms with Crippen molar-refractivity contribution in [1.29, 1.82) is 10.5 Å². The fourth-order valence-electron chi connectivity index (χ4n) is 6.32. The lowest BCUT2D eigenvalue weighted by molar-refractivity contribution is 0.0874. The van der Waals surface area contributed by atoms with Gasteiger partial charge in [-0.2, -0.15) is 10.5 Å². The molecule has 39 heavy (non-hydrogen) atoms. The van der Waals surface area contributed by atoms with Crippen LogP contribution in [0.25, 0.3) is 11.6 Å². The van der Waals surface area contributed by atoms with Crippen molar-refractivity contribution in [3.05, 3.63) is 155 Å². The maximum Gasteiger partial charge on any atom is 0.185 e. The number of carbonyl (C=O) groups is 1. The standard InChI is InChI=1S/C35H25N3O/c36-22-28(23-37)30(25-13-4-1-5-14-25)32-31(26-15-6-2-7-16-26)34(35(39)27-17-8-3-9-18-27)38-21-20-24-12-10-11-19-29(24)33(32)38/h1-21,31-34H/t31-,32+,33-,34+/m0/s1. The summed E-state index contributed by atoms with van der Waals surface area (Å²) in [4.78, 5) is 16.6. The third-order valence-electron chi connectivity index (χ3n) is 7.87. The first-order valence-electron chi connectivity index (χ1n) is 13.0. The van der Waals surface area contributed by atoms with E-state index in [-0.39, 0.29) is 29.2 Å². The van der Waals surface area contributed by atoms with Crippen LogP contribution in [0.4, 0.5) is 0 Å². The quantitative estimate of drug-likeness (QED) is 0.214. The average molecular weight is 504 g/mol. The monoisotopic (exact) mass is 503 g/mol. The van der Waals surface area contributed by atoms with Crippen molar-refractivity contribution in [2.75, 3.05) is 0 Å². The predicted octanol–water partition coefficient (Wildman–Crippen LogP) is 7.18. The molecule has 4 heteroatoms. The van der Waals surface area contributed by atoms with E-state index < -0.39 is 6.04 Å². The van der Waals surface area contributed by atoms with Crippen molar-refractivity contribution in [3.63, 3.8) is 0 Å². The van der Waals surface area contributed by atoms with Gasteiger partial charge in [-0.1, -0.05) is 115 Å². The molecule has 0 unspecified atom stereocenters. The average Bonchev–Trinajstić information content (AvgIpc) is 3.36. The molecule has 186 valence electrons. The number of carbonyl (C=O) groups excluding carboxylic acids is 1. The van der Waals surface area contributed by atoms with Crippen LogP contribution in [0.1, 0.15) is 44.6 Å². The van der Waals surface area contributed by atoms with Crippen LogP contribution in [0.5, 0.6) is 0 Å². The summed E-state index contributed by atoms with van der Waals surface area (Å²) in [5.74, 6) is -0.636. The molecular formula is C35H25N3O. The number of nitriles is 2. The van der Waals surface area contributed by atoms with Crippen LogP contribution in [0.3, 0.4) is 0 Å². The molecule has 0 N–H and O–H groups in total. The van der Waals surface area contributed by atoms with Crippen LogP contribution in [-0.2, 0) is 0 Å². The highest BCUT2D eigenvalue weighted by Crippen LogP contribution is 2.58. The molecule has 0 amide bonds. The Bertz CT molecular complexity index is 1640. The van der Waals surface area contributed by atoms with Crippen LogP contribution >= 0.6 is 0 Å². The number of benzene rings is 4. The van der Waals surface area contributed by atoms with E-state index in [1.54, 1.807) is 0 Å². The van der Waals surface area contributed by atoms with Crippen molar-refractivity contribution in [1.82, 2.24) is 4.90 Å². The second-order valence-electron chi connectivity index (χ2n) is 9.85. The lowest BCUT2D eigenvalue weighted by Gasteiger charge is -2.35. The SMILES string of the molecule is N#CC(C#N)=C(c1ccccc1)[C@@H]1[C@H](c2ccccc2)[C@H](C(=O)c2ccccc2)N2C=Cc3ccccc3[C@@H]12. The normalized spacial score (nSPS) is 20.7. The first-order chi connectivity index (χ1) is 19.2. The highest BCUT2D eigenvalue weighted by Gasteiger charge is 2.54. The van der Waals surface area contributed by atoms with Gasteiger partial charge in [0.1, 0.15) is 17.7 Å². The molecule has 4 aromatic rings. The number of allylic oxidation sites excluding steroid dienone is 1. The van der Waals surface area contributed by atoms with Crippen molar-refractivity contribution in [2.45, 2.75) is 18.0 Å². The van der Waals surface area contributed by atoms with Gasteiger partial charge in [0.05, 0.1) is 12.1 Å². The maximum absolute atomic E-state index is 14.4. The molecule has 2 aliphatic heterocycles. The molecule has 0 bridgehead atoms. The Balaban J connectivity index is 1.67. The molecule has 0 saturated carbocycles. The fourth-order valence-corrected chi connectivity index (χ4v) is 6.32. The summed E-state index contributed by atoms with van der Waals surface area (Å²) in [6.07, 6.45) is 4.08. The van der Waals surface area contributed by atoms with E-state index in [0.717, 1.165) is 22.3 Å². The van der Waals surface area contributed by atoms with Crippen LogP contribution in [-0.4, -0.2) is 16.7 Å². The molecule has 0 aliphatic carbocycles. The Morgan fingerprint density at radius 2 is 1.26 bits per heavy atom. The summed E-state index contributed by atoms with van der Waals surface area (Å²) in [5, 5.41) is 20.4. The fraction of sp³-hybridized carbons (Fsp3) is 0.114. The van der Waals surface area contributed by atoms with Crippen molar-refractivity contribution in [2.24, 2.45) is 5.92 Å². The van der Waals surface area contributed by atoms with E-state index in [2.05, 4.69) is 47.4 Å². The third-order valence-corrected chi connectivity index (χ3v) is 7.87. The van der Waals surface area contributed by atoms with Gasteiger partial charge in [0, 0.05) is 23.6 Å². The Kier molecular flexibility index (Phi) is 6.37. The van der Waals surface area contributed by atoms with Gasteiger partial charge >= 0.3 is 0 Å². The van der Waals surface area contributed by atoms with E-state index in [1.165, 1.54) is 0 Å². The largest absolute Gasteiger partial charge is 0.359 e. The summed E-state index contributed by atoms with van der Waals surface area (Å²) in [6, 6.07) is 40.9. The van der Waals surface area contributed by atoms with Crippen LogP contribution in [0, 0.1) is 28.6 Å². The lowest BCUT2D eigenvalue weighted by atomic mass is 9.71. The smallest absolute Gasteiger partial charge is 0.185 e. The first-order valence-corrected chi connectivity index (χ1v) is 13.0. The zero-order valence-electron chi connectivity index (χ0n) is 21.2. The molecule has 1 saturated heterocycles. The summed E-state index contributed by atoms with van der Waals surface area (Å²) in [7, 11) is 0. The zero-order valence-corrected chi connectivity index (χ0v) is 21.2. The van der Waals surface area contributed by atoms with Crippen LogP contribution in [0.2, 0.25) is 0 Å². The van der Waals surface area contributed by atoms with Crippen molar-refractivity contribution in [3.8, 4) is 12.1 Å². The Morgan fingerprint density at radius 1 is 0.692 bits per heavy atom. The van der Waals surface area contributed by atoms with E-state index in [9.17, 15) is 15.3 Å². The van der Waals surface area contributed by atoms with E-state index >= 15 is 0 Å². The maximum atomic E-state index is 14.4. The number of nitrogens with zero attached hydrogens (tertiary/aromatic N) is 3. The van der Waals surface area contributed by atoms with Crippen LogP contribution in [0.15, 0.2) is 127 Å². The number of Topliss-reactive ketones (excluding diaryl/α,β-unsaturated/α-hetero) is 1. The molecule has 4 nitrogen and oxygen atoms in total. The summed E-state index contributed by atoms with van der Waals surface area (Å²) in [5.41, 5.74) is 5.37. The van der Waals surface area contributed by atoms with Gasteiger partial charge < -0.3 is 4.90 Å². The highest BCUT2D eigenvalue weighted by atomic mass is 16.1. The Morgan fingerprint density at radius 3 is 1.90 bits per heavy atom. The molecular weight excluding hydrogens is 478 g/mol. The number of hydrogen-bond acceptors (Lipinski definition) is 4. The number of fused-ring (bicyclic) bond motifs is 3. The first kappa shape index (κ1) is 24.2. The molecule has 4 aromatic carbocycles. The second-order valence-corrected chi connectivity index (χ2v) is 9.85. The number of rotatable bonds is 5. The minimum absolute atomic E-state index is 0.0175. The topological polar surface area (TPSA) is 67.9 Å². The molecule has 6 rings (SSSR count). The molecule has 2 aliphatic rings. The van der Waals surface area contributed by atoms with Gasteiger partial charge in [0.2, 0.25) is 0 Å². The Hall–Kier alpha value is -5.19. The minimum atomic E-state index is -0.535. The molecule has 0 aromatic heterocycles. The van der Waals surface area contributed by atoms with E-state index in [0.29, 0.717) is 11.1 Å². The van der Waals surface area contributed by atoms with Gasteiger partial charge in [-0.25, -0.2) is 0 Å².